The number of aromatic nitrogens is 1. The highest BCUT2D eigenvalue weighted by atomic mass is 79.9. The fourth-order valence-corrected chi connectivity index (χ4v) is 2.61. The van der Waals surface area contributed by atoms with E-state index in [1.54, 1.807) is 4.57 Å². The fourth-order valence-electron chi connectivity index (χ4n) is 1.85. The Balaban J connectivity index is 2.56. The van der Waals surface area contributed by atoms with Crippen molar-refractivity contribution < 1.29 is 9.53 Å². The second-order valence-corrected chi connectivity index (χ2v) is 6.76. The van der Waals surface area contributed by atoms with E-state index < -0.39 is 5.60 Å². The fraction of sp³-hybridized carbons (Fsp3) is 0.357. The topological polar surface area (TPSA) is 31.2 Å². The van der Waals surface area contributed by atoms with Crippen molar-refractivity contribution in [2.24, 2.45) is 0 Å². The van der Waals surface area contributed by atoms with Crippen LogP contribution >= 0.6 is 31.9 Å². The average molecular weight is 389 g/mol. The number of halogens is 2. The minimum atomic E-state index is -0.511. The molecule has 5 heteroatoms. The van der Waals surface area contributed by atoms with Gasteiger partial charge in [-0.2, -0.15) is 0 Å². The predicted octanol–water partition coefficient (Wildman–Crippen LogP) is 5.08. The van der Waals surface area contributed by atoms with Gasteiger partial charge >= 0.3 is 6.09 Å². The van der Waals surface area contributed by atoms with E-state index in [1.807, 2.05) is 45.0 Å². The third-order valence-corrected chi connectivity index (χ3v) is 3.62. The molecule has 1 aromatic heterocycles. The number of carbonyl (C=O) groups excluding carboxylic acids is 1. The number of hydrogen-bond acceptors (Lipinski definition) is 2. The van der Waals surface area contributed by atoms with Gasteiger partial charge in [-0.3, -0.25) is 0 Å². The predicted molar refractivity (Wildman–Crippen MR) is 83.9 cm³/mol. The molecule has 0 spiro atoms. The molecule has 0 aliphatic rings. The maximum absolute atomic E-state index is 12.3. The van der Waals surface area contributed by atoms with Crippen molar-refractivity contribution >= 4 is 48.9 Å². The van der Waals surface area contributed by atoms with E-state index in [-0.39, 0.29) is 6.09 Å². The summed E-state index contributed by atoms with van der Waals surface area (Å²) in [6.07, 6.45) is -0.352. The van der Waals surface area contributed by atoms with Crippen LogP contribution < -0.4 is 0 Å². The Labute approximate surface area is 129 Å². The van der Waals surface area contributed by atoms with Gasteiger partial charge in [-0.15, -0.1) is 0 Å². The van der Waals surface area contributed by atoms with Crippen molar-refractivity contribution in [1.82, 2.24) is 4.57 Å². The van der Waals surface area contributed by atoms with Crippen molar-refractivity contribution in [2.75, 3.05) is 0 Å². The summed E-state index contributed by atoms with van der Waals surface area (Å²) in [5.41, 5.74) is 1.21. The summed E-state index contributed by atoms with van der Waals surface area (Å²) in [6, 6.07) is 7.85. The minimum absolute atomic E-state index is 0.352. The van der Waals surface area contributed by atoms with Crippen molar-refractivity contribution in [3.8, 4) is 0 Å². The largest absolute Gasteiger partial charge is 0.443 e. The Kier molecular flexibility index (Phi) is 4.06. The average Bonchev–Trinajstić information content (AvgIpc) is 2.64. The van der Waals surface area contributed by atoms with Crippen LogP contribution in [0, 0.1) is 0 Å². The first kappa shape index (κ1) is 14.6. The second-order valence-electron chi connectivity index (χ2n) is 5.29. The molecule has 0 saturated carbocycles. The highest BCUT2D eigenvalue weighted by Crippen LogP contribution is 2.26. The number of alkyl halides is 1. The maximum atomic E-state index is 12.3. The third-order valence-electron chi connectivity index (χ3n) is 2.56. The highest BCUT2D eigenvalue weighted by molar-refractivity contribution is 9.10. The zero-order chi connectivity index (χ0) is 14.2. The summed E-state index contributed by atoms with van der Waals surface area (Å²) in [6.45, 7) is 5.58. The Morgan fingerprint density at radius 2 is 2.00 bits per heavy atom. The van der Waals surface area contributed by atoms with Crippen LogP contribution in [0.25, 0.3) is 10.9 Å². The van der Waals surface area contributed by atoms with Gasteiger partial charge in [0, 0.05) is 20.9 Å². The molecule has 0 N–H and O–H groups in total. The first-order chi connectivity index (χ1) is 8.81. The van der Waals surface area contributed by atoms with E-state index in [2.05, 4.69) is 31.9 Å². The van der Waals surface area contributed by atoms with Crippen LogP contribution in [0.3, 0.4) is 0 Å². The molecular formula is C14H15Br2NO2. The molecule has 0 amide bonds. The van der Waals surface area contributed by atoms with Crippen LogP contribution in [0.15, 0.2) is 28.7 Å². The standard InChI is InChI=1S/C14H15Br2NO2/c1-14(2,3)19-13(18)17-11(8-15)6-9-4-5-10(16)7-12(9)17/h4-7H,8H2,1-3H3. The number of hydrogen-bond donors (Lipinski definition) is 0. The third kappa shape index (κ3) is 3.20. The SMILES string of the molecule is CC(C)(C)OC(=O)n1c(CBr)cc2ccc(Br)cc21. The zero-order valence-corrected chi connectivity index (χ0v) is 14.2. The molecule has 0 aliphatic carbocycles. The Morgan fingerprint density at radius 3 is 2.58 bits per heavy atom. The molecule has 2 aromatic rings. The number of carbonyl (C=O) groups is 1. The molecular weight excluding hydrogens is 374 g/mol. The Hall–Kier alpha value is -0.810. The lowest BCUT2D eigenvalue weighted by Gasteiger charge is -2.20. The molecule has 3 nitrogen and oxygen atoms in total. The van der Waals surface area contributed by atoms with Crippen LogP contribution in [0.5, 0.6) is 0 Å². The van der Waals surface area contributed by atoms with Crippen molar-refractivity contribution in [3.63, 3.8) is 0 Å². The molecule has 1 aromatic carbocycles. The first-order valence-corrected chi connectivity index (χ1v) is 7.82. The van der Waals surface area contributed by atoms with Gasteiger partial charge in [0.05, 0.1) is 5.52 Å². The van der Waals surface area contributed by atoms with E-state index in [0.717, 1.165) is 21.1 Å². The minimum Gasteiger partial charge on any atom is -0.443 e. The lowest BCUT2D eigenvalue weighted by Crippen LogP contribution is -2.27. The van der Waals surface area contributed by atoms with E-state index in [0.29, 0.717) is 5.33 Å². The normalized spacial score (nSPS) is 11.8. The van der Waals surface area contributed by atoms with Crippen LogP contribution in [-0.4, -0.2) is 16.3 Å². The Bertz CT molecular complexity index is 626. The molecule has 1 heterocycles. The van der Waals surface area contributed by atoms with E-state index >= 15 is 0 Å². The van der Waals surface area contributed by atoms with Crippen molar-refractivity contribution in [2.45, 2.75) is 31.7 Å². The zero-order valence-electron chi connectivity index (χ0n) is 11.0. The quantitative estimate of drug-likeness (QED) is 0.637. The van der Waals surface area contributed by atoms with Crippen LogP contribution in [-0.2, 0) is 10.1 Å². The van der Waals surface area contributed by atoms with Gasteiger partial charge in [0.25, 0.3) is 0 Å². The molecule has 2 rings (SSSR count). The lowest BCUT2D eigenvalue weighted by atomic mass is 10.2. The van der Waals surface area contributed by atoms with Crippen molar-refractivity contribution in [1.29, 1.82) is 0 Å². The molecule has 19 heavy (non-hydrogen) atoms. The van der Waals surface area contributed by atoms with Gasteiger partial charge in [-0.25, -0.2) is 9.36 Å². The van der Waals surface area contributed by atoms with Gasteiger partial charge in [0.1, 0.15) is 5.60 Å². The molecule has 0 fully saturated rings. The van der Waals surface area contributed by atoms with E-state index in [9.17, 15) is 4.79 Å². The monoisotopic (exact) mass is 387 g/mol. The first-order valence-electron chi connectivity index (χ1n) is 5.91. The smallest absolute Gasteiger partial charge is 0.419 e. The highest BCUT2D eigenvalue weighted by Gasteiger charge is 2.21. The lowest BCUT2D eigenvalue weighted by molar-refractivity contribution is 0.0541. The summed E-state index contributed by atoms with van der Waals surface area (Å²) < 4.78 is 8.01. The van der Waals surface area contributed by atoms with Crippen LogP contribution in [0.1, 0.15) is 26.5 Å². The molecule has 0 bridgehead atoms. The summed E-state index contributed by atoms with van der Waals surface area (Å²) in [5, 5.41) is 1.61. The summed E-state index contributed by atoms with van der Waals surface area (Å²) in [7, 11) is 0. The maximum Gasteiger partial charge on any atom is 0.419 e. The molecule has 0 unspecified atom stereocenters. The number of nitrogens with zero attached hydrogens (tertiary/aromatic N) is 1. The van der Waals surface area contributed by atoms with Gasteiger partial charge in [-0.1, -0.05) is 37.9 Å². The summed E-state index contributed by atoms with van der Waals surface area (Å²) in [5.74, 6) is 0. The Morgan fingerprint density at radius 1 is 1.32 bits per heavy atom. The van der Waals surface area contributed by atoms with Crippen molar-refractivity contribution in [3.05, 3.63) is 34.4 Å². The molecule has 0 atom stereocenters. The molecule has 0 radical (unpaired) electrons. The summed E-state index contributed by atoms with van der Waals surface area (Å²) >= 11 is 6.84. The summed E-state index contributed by atoms with van der Waals surface area (Å²) in [4.78, 5) is 12.3. The second kappa shape index (κ2) is 5.29. The number of fused-ring (bicyclic) bond motifs is 1. The molecule has 0 saturated heterocycles. The van der Waals surface area contributed by atoms with Gasteiger partial charge in [0.15, 0.2) is 0 Å². The van der Waals surface area contributed by atoms with Crippen LogP contribution in [0.4, 0.5) is 4.79 Å². The number of rotatable bonds is 1. The van der Waals surface area contributed by atoms with Gasteiger partial charge in [-0.05, 0) is 39.0 Å². The van der Waals surface area contributed by atoms with Crippen LogP contribution in [0.2, 0.25) is 0 Å². The van der Waals surface area contributed by atoms with Gasteiger partial charge < -0.3 is 4.74 Å². The molecule has 0 aliphatic heterocycles. The van der Waals surface area contributed by atoms with Gasteiger partial charge in [0.2, 0.25) is 0 Å². The number of benzene rings is 1. The molecule has 102 valence electrons. The number of ether oxygens (including phenoxy) is 1. The van der Waals surface area contributed by atoms with E-state index in [1.165, 1.54) is 0 Å². The van der Waals surface area contributed by atoms with E-state index in [4.69, 9.17) is 4.74 Å².